The van der Waals surface area contributed by atoms with Crippen molar-refractivity contribution in [1.82, 2.24) is 10.2 Å². The maximum absolute atomic E-state index is 5.71. The molecule has 1 aliphatic rings. The van der Waals surface area contributed by atoms with Crippen molar-refractivity contribution in [1.29, 1.82) is 0 Å². The van der Waals surface area contributed by atoms with E-state index in [0.717, 1.165) is 36.3 Å². The molecule has 1 N–H and O–H groups in total. The zero-order valence-electron chi connectivity index (χ0n) is 10.1. The molecule has 1 saturated heterocycles. The number of hydrogen-bond donors (Lipinski definition) is 1. The number of aromatic nitrogens is 2. The fourth-order valence-electron chi connectivity index (χ4n) is 2.12. The lowest BCUT2D eigenvalue weighted by Gasteiger charge is -2.11. The quantitative estimate of drug-likeness (QED) is 0.899. The lowest BCUT2D eigenvalue weighted by Crippen LogP contribution is -2.16. The van der Waals surface area contributed by atoms with Crippen LogP contribution in [-0.2, 0) is 4.74 Å². The van der Waals surface area contributed by atoms with E-state index in [1.807, 2.05) is 36.7 Å². The molecule has 2 heterocycles. The zero-order valence-corrected chi connectivity index (χ0v) is 10.1. The Morgan fingerprint density at radius 1 is 1.28 bits per heavy atom. The monoisotopic (exact) mass is 244 g/mol. The zero-order chi connectivity index (χ0) is 12.2. The first-order valence-corrected chi connectivity index (χ1v) is 6.25. The predicted octanol–water partition coefficient (Wildman–Crippen LogP) is 2.63. The fourth-order valence-corrected chi connectivity index (χ4v) is 2.12. The molecule has 1 aliphatic heterocycles. The fraction of sp³-hybridized carbons (Fsp3) is 0.357. The van der Waals surface area contributed by atoms with Crippen molar-refractivity contribution in [3.05, 3.63) is 36.7 Å². The number of rotatable bonds is 4. The van der Waals surface area contributed by atoms with Gasteiger partial charge < -0.3 is 9.47 Å². The Hall–Kier alpha value is -1.81. The molecule has 0 bridgehead atoms. The molecule has 18 heavy (non-hydrogen) atoms. The van der Waals surface area contributed by atoms with Crippen molar-refractivity contribution < 1.29 is 9.47 Å². The van der Waals surface area contributed by atoms with Crippen LogP contribution in [0.25, 0.3) is 11.1 Å². The number of H-pyrrole nitrogens is 1. The molecule has 0 amide bonds. The van der Waals surface area contributed by atoms with Crippen LogP contribution in [-0.4, -0.2) is 29.5 Å². The molecule has 3 rings (SSSR count). The van der Waals surface area contributed by atoms with Crippen LogP contribution >= 0.6 is 0 Å². The molecule has 94 valence electrons. The topological polar surface area (TPSA) is 47.1 Å². The first-order chi connectivity index (χ1) is 8.92. The predicted molar refractivity (Wildman–Crippen MR) is 68.5 cm³/mol. The van der Waals surface area contributed by atoms with Gasteiger partial charge in [-0.3, -0.25) is 5.10 Å². The largest absolute Gasteiger partial charge is 0.491 e. The summed E-state index contributed by atoms with van der Waals surface area (Å²) in [7, 11) is 0. The molecule has 1 aromatic heterocycles. The summed E-state index contributed by atoms with van der Waals surface area (Å²) < 4.78 is 11.2. The van der Waals surface area contributed by atoms with E-state index < -0.39 is 0 Å². The molecule has 0 saturated carbocycles. The van der Waals surface area contributed by atoms with Crippen molar-refractivity contribution in [3.8, 4) is 16.9 Å². The molecule has 0 aliphatic carbocycles. The van der Waals surface area contributed by atoms with Gasteiger partial charge in [0, 0.05) is 18.4 Å². The van der Waals surface area contributed by atoms with E-state index in [1.54, 1.807) is 0 Å². The SMILES string of the molecule is c1cc(-c2cn[nH]c2)ccc1OC[C@H]1CCCO1. The van der Waals surface area contributed by atoms with E-state index >= 15 is 0 Å². The van der Waals surface area contributed by atoms with Crippen LogP contribution in [0, 0.1) is 0 Å². The van der Waals surface area contributed by atoms with Crippen molar-refractivity contribution in [2.45, 2.75) is 18.9 Å². The third-order valence-electron chi connectivity index (χ3n) is 3.15. The number of ether oxygens (including phenoxy) is 2. The standard InChI is InChI=1S/C14H16N2O2/c1-2-14(17-7-1)10-18-13-5-3-11(4-6-13)12-8-15-16-9-12/h3-6,8-9,14H,1-2,7,10H2,(H,15,16)/t14-/m1/s1. The number of nitrogens with zero attached hydrogens (tertiary/aromatic N) is 1. The molecule has 0 unspecified atom stereocenters. The highest BCUT2D eigenvalue weighted by Crippen LogP contribution is 2.22. The Balaban J connectivity index is 1.60. The van der Waals surface area contributed by atoms with Crippen molar-refractivity contribution in [3.63, 3.8) is 0 Å². The van der Waals surface area contributed by atoms with Gasteiger partial charge in [-0.05, 0) is 30.5 Å². The molecule has 2 aromatic rings. The first kappa shape index (κ1) is 11.3. The second-order valence-corrected chi connectivity index (χ2v) is 4.46. The minimum absolute atomic E-state index is 0.263. The van der Waals surface area contributed by atoms with Crippen molar-refractivity contribution in [2.75, 3.05) is 13.2 Å². The van der Waals surface area contributed by atoms with E-state index in [-0.39, 0.29) is 6.10 Å². The van der Waals surface area contributed by atoms with Gasteiger partial charge in [0.2, 0.25) is 0 Å². The average molecular weight is 244 g/mol. The Morgan fingerprint density at radius 2 is 2.17 bits per heavy atom. The van der Waals surface area contributed by atoms with Gasteiger partial charge >= 0.3 is 0 Å². The van der Waals surface area contributed by atoms with E-state index in [0.29, 0.717) is 6.61 Å². The number of hydrogen-bond acceptors (Lipinski definition) is 3. The Bertz CT molecular complexity index is 473. The second-order valence-electron chi connectivity index (χ2n) is 4.46. The molecular formula is C14H16N2O2. The maximum Gasteiger partial charge on any atom is 0.119 e. The molecule has 1 aromatic carbocycles. The van der Waals surface area contributed by atoms with Crippen LogP contribution in [0.1, 0.15) is 12.8 Å². The van der Waals surface area contributed by atoms with Crippen LogP contribution in [0.4, 0.5) is 0 Å². The Labute approximate surface area is 106 Å². The summed E-state index contributed by atoms with van der Waals surface area (Å²) in [6.45, 7) is 1.51. The van der Waals surface area contributed by atoms with Gasteiger partial charge in [0.25, 0.3) is 0 Å². The molecule has 1 atom stereocenters. The summed E-state index contributed by atoms with van der Waals surface area (Å²) in [5.74, 6) is 0.887. The molecule has 4 nitrogen and oxygen atoms in total. The van der Waals surface area contributed by atoms with Gasteiger partial charge in [-0.15, -0.1) is 0 Å². The highest BCUT2D eigenvalue weighted by atomic mass is 16.5. The summed E-state index contributed by atoms with van der Waals surface area (Å²) in [5, 5.41) is 6.74. The number of aromatic amines is 1. The van der Waals surface area contributed by atoms with E-state index in [4.69, 9.17) is 9.47 Å². The average Bonchev–Trinajstić information content (AvgIpc) is 3.10. The van der Waals surface area contributed by atoms with Crippen LogP contribution in [0.2, 0.25) is 0 Å². The minimum atomic E-state index is 0.263. The van der Waals surface area contributed by atoms with Gasteiger partial charge in [0.15, 0.2) is 0 Å². The van der Waals surface area contributed by atoms with Gasteiger partial charge in [-0.2, -0.15) is 5.10 Å². The Morgan fingerprint density at radius 3 is 2.83 bits per heavy atom. The second kappa shape index (κ2) is 5.23. The van der Waals surface area contributed by atoms with E-state index in [9.17, 15) is 0 Å². The van der Waals surface area contributed by atoms with E-state index in [2.05, 4.69) is 10.2 Å². The normalized spacial score (nSPS) is 19.0. The van der Waals surface area contributed by atoms with Gasteiger partial charge in [-0.1, -0.05) is 12.1 Å². The summed E-state index contributed by atoms with van der Waals surface area (Å²) in [5.41, 5.74) is 2.22. The highest BCUT2D eigenvalue weighted by Gasteiger charge is 2.15. The summed E-state index contributed by atoms with van der Waals surface area (Å²) in [4.78, 5) is 0. The van der Waals surface area contributed by atoms with E-state index in [1.165, 1.54) is 0 Å². The maximum atomic E-state index is 5.71. The number of nitrogens with one attached hydrogen (secondary N) is 1. The van der Waals surface area contributed by atoms with Crippen molar-refractivity contribution >= 4 is 0 Å². The summed E-state index contributed by atoms with van der Waals surface area (Å²) in [6.07, 6.45) is 6.20. The molecule has 0 radical (unpaired) electrons. The minimum Gasteiger partial charge on any atom is -0.491 e. The lowest BCUT2D eigenvalue weighted by molar-refractivity contribution is 0.0679. The van der Waals surface area contributed by atoms with Gasteiger partial charge in [0.05, 0.1) is 12.3 Å². The van der Waals surface area contributed by atoms with Crippen LogP contribution in [0.5, 0.6) is 5.75 Å². The van der Waals surface area contributed by atoms with Gasteiger partial charge in [0.1, 0.15) is 12.4 Å². The summed E-state index contributed by atoms with van der Waals surface area (Å²) in [6, 6.07) is 8.04. The summed E-state index contributed by atoms with van der Waals surface area (Å²) >= 11 is 0. The molecule has 4 heteroatoms. The lowest BCUT2D eigenvalue weighted by atomic mass is 10.1. The molecule has 0 spiro atoms. The van der Waals surface area contributed by atoms with Gasteiger partial charge in [-0.25, -0.2) is 0 Å². The smallest absolute Gasteiger partial charge is 0.119 e. The third-order valence-corrected chi connectivity index (χ3v) is 3.15. The molecular weight excluding hydrogens is 228 g/mol. The molecule has 1 fully saturated rings. The number of benzene rings is 1. The van der Waals surface area contributed by atoms with Crippen LogP contribution in [0.3, 0.4) is 0 Å². The van der Waals surface area contributed by atoms with Crippen LogP contribution < -0.4 is 4.74 Å². The first-order valence-electron chi connectivity index (χ1n) is 6.25. The Kier molecular flexibility index (Phi) is 3.28. The van der Waals surface area contributed by atoms with Crippen molar-refractivity contribution in [2.24, 2.45) is 0 Å². The van der Waals surface area contributed by atoms with Crippen LogP contribution in [0.15, 0.2) is 36.7 Å². The highest BCUT2D eigenvalue weighted by molar-refractivity contribution is 5.62. The third kappa shape index (κ3) is 2.54.